The number of phenols is 1. The molecule has 3 rings (SSSR count). The standard InChI is InChI=1S/C31H49NO4/c1-9-10-11-12-15-30(5,6)21-17-24(34)27-22-16-20(28(35)32-26(19-33)29(2,3)4)13-14-23(22)31(7,8)36-25(27)18-21/h13,17-18,22-23,26,33-34H,9-12,14-16,19H2,1-8H3,(H,32,35)/t22-,23-,26-/m1/s1. The molecule has 0 saturated heterocycles. The number of aliphatic hydroxyl groups excluding tert-OH is 1. The van der Waals surface area contributed by atoms with Crippen LogP contribution in [0.1, 0.15) is 117 Å². The van der Waals surface area contributed by atoms with Crippen molar-refractivity contribution in [3.8, 4) is 11.5 Å². The van der Waals surface area contributed by atoms with Crippen LogP contribution in [0.4, 0.5) is 0 Å². The number of hydrogen-bond acceptors (Lipinski definition) is 4. The van der Waals surface area contributed by atoms with Gasteiger partial charge in [0.05, 0.1) is 12.6 Å². The number of amides is 1. The maximum Gasteiger partial charge on any atom is 0.247 e. The van der Waals surface area contributed by atoms with Gasteiger partial charge in [-0.15, -0.1) is 0 Å². The summed E-state index contributed by atoms with van der Waals surface area (Å²) in [4.78, 5) is 13.2. The average molecular weight is 500 g/mol. The van der Waals surface area contributed by atoms with Crippen molar-refractivity contribution in [2.45, 2.75) is 123 Å². The summed E-state index contributed by atoms with van der Waals surface area (Å²) in [5.74, 6) is 1.06. The molecule has 1 aromatic carbocycles. The van der Waals surface area contributed by atoms with Gasteiger partial charge in [-0.05, 0) is 61.6 Å². The minimum atomic E-state index is -0.411. The van der Waals surface area contributed by atoms with Crippen molar-refractivity contribution in [3.63, 3.8) is 0 Å². The van der Waals surface area contributed by atoms with Gasteiger partial charge in [0.2, 0.25) is 5.91 Å². The van der Waals surface area contributed by atoms with Gasteiger partial charge in [-0.3, -0.25) is 4.79 Å². The normalized spacial score (nSPS) is 22.1. The fourth-order valence-electron chi connectivity index (χ4n) is 5.90. The Labute approximate surface area is 218 Å². The number of hydrogen-bond donors (Lipinski definition) is 3. The lowest BCUT2D eigenvalue weighted by atomic mass is 9.66. The summed E-state index contributed by atoms with van der Waals surface area (Å²) in [7, 11) is 0. The van der Waals surface area contributed by atoms with Crippen LogP contribution >= 0.6 is 0 Å². The molecule has 1 aliphatic carbocycles. The number of allylic oxidation sites excluding steroid dienone is 1. The summed E-state index contributed by atoms with van der Waals surface area (Å²) < 4.78 is 6.55. The van der Waals surface area contributed by atoms with Crippen LogP contribution in [0.25, 0.3) is 0 Å². The minimum absolute atomic E-state index is 0.00145. The molecule has 5 nitrogen and oxygen atoms in total. The third kappa shape index (κ3) is 6.10. The van der Waals surface area contributed by atoms with E-state index < -0.39 is 5.60 Å². The summed E-state index contributed by atoms with van der Waals surface area (Å²) in [5, 5.41) is 24.2. The Bertz CT molecular complexity index is 970. The van der Waals surface area contributed by atoms with E-state index in [1.807, 2.05) is 32.9 Å². The molecule has 1 aliphatic heterocycles. The molecule has 0 bridgehead atoms. The number of rotatable bonds is 9. The van der Waals surface area contributed by atoms with Crippen LogP contribution in [0, 0.1) is 11.3 Å². The first kappa shape index (κ1) is 28.6. The van der Waals surface area contributed by atoms with Crippen LogP contribution in [0.2, 0.25) is 0 Å². The third-order valence-corrected chi connectivity index (χ3v) is 8.56. The molecule has 3 N–H and O–H groups in total. The molecule has 3 atom stereocenters. The molecular formula is C31H49NO4. The van der Waals surface area contributed by atoms with Gasteiger partial charge in [0.15, 0.2) is 0 Å². The topological polar surface area (TPSA) is 78.8 Å². The number of nitrogens with one attached hydrogen (secondary N) is 1. The fraction of sp³-hybridized carbons (Fsp3) is 0.710. The van der Waals surface area contributed by atoms with Crippen LogP contribution in [0.5, 0.6) is 11.5 Å². The van der Waals surface area contributed by atoms with E-state index in [-0.39, 0.29) is 47.0 Å². The Morgan fingerprint density at radius 2 is 1.86 bits per heavy atom. The van der Waals surface area contributed by atoms with Crippen molar-refractivity contribution in [3.05, 3.63) is 34.9 Å². The summed E-state index contributed by atoms with van der Waals surface area (Å²) in [6.07, 6.45) is 9.22. The molecule has 0 radical (unpaired) electrons. The van der Waals surface area contributed by atoms with Gasteiger partial charge in [-0.1, -0.05) is 73.3 Å². The first-order valence-electron chi connectivity index (χ1n) is 13.9. The van der Waals surface area contributed by atoms with Crippen molar-refractivity contribution < 1.29 is 19.7 Å². The van der Waals surface area contributed by atoms with Gasteiger partial charge in [0.25, 0.3) is 0 Å². The monoisotopic (exact) mass is 499 g/mol. The van der Waals surface area contributed by atoms with Crippen LogP contribution < -0.4 is 10.1 Å². The summed E-state index contributed by atoms with van der Waals surface area (Å²) in [5.41, 5.74) is 1.94. The fourth-order valence-corrected chi connectivity index (χ4v) is 5.90. The van der Waals surface area contributed by atoms with Crippen molar-refractivity contribution in [1.82, 2.24) is 5.32 Å². The van der Waals surface area contributed by atoms with Gasteiger partial charge >= 0.3 is 0 Å². The Morgan fingerprint density at radius 3 is 2.47 bits per heavy atom. The largest absolute Gasteiger partial charge is 0.508 e. The molecule has 36 heavy (non-hydrogen) atoms. The highest BCUT2D eigenvalue weighted by Gasteiger charge is 2.47. The Hall–Kier alpha value is -2.01. The lowest BCUT2D eigenvalue weighted by molar-refractivity contribution is -0.119. The van der Waals surface area contributed by atoms with E-state index in [1.54, 1.807) is 0 Å². The molecular weight excluding hydrogens is 450 g/mol. The zero-order valence-electron chi connectivity index (χ0n) is 23.8. The second-order valence-corrected chi connectivity index (χ2v) is 13.3. The molecule has 1 aromatic rings. The molecule has 1 amide bonds. The first-order valence-corrected chi connectivity index (χ1v) is 13.9. The van der Waals surface area contributed by atoms with E-state index in [0.29, 0.717) is 12.8 Å². The highest BCUT2D eigenvalue weighted by molar-refractivity contribution is 5.94. The van der Waals surface area contributed by atoms with Gasteiger partial charge in [0, 0.05) is 23.0 Å². The zero-order valence-corrected chi connectivity index (χ0v) is 23.8. The van der Waals surface area contributed by atoms with E-state index in [9.17, 15) is 15.0 Å². The zero-order chi connectivity index (χ0) is 26.9. The second-order valence-electron chi connectivity index (χ2n) is 13.3. The molecule has 5 heteroatoms. The van der Waals surface area contributed by atoms with Crippen LogP contribution in [-0.4, -0.2) is 34.4 Å². The molecule has 0 unspecified atom stereocenters. The lowest BCUT2D eigenvalue weighted by Crippen LogP contribution is -2.49. The van der Waals surface area contributed by atoms with Crippen molar-refractivity contribution in [2.24, 2.45) is 11.3 Å². The Balaban J connectivity index is 1.89. The van der Waals surface area contributed by atoms with Gasteiger partial charge in [-0.2, -0.15) is 0 Å². The number of carbonyl (C=O) groups is 1. The number of aliphatic hydroxyl groups is 1. The van der Waals surface area contributed by atoms with Crippen molar-refractivity contribution >= 4 is 5.91 Å². The van der Waals surface area contributed by atoms with E-state index in [1.165, 1.54) is 25.7 Å². The molecule has 0 spiro atoms. The molecule has 0 fully saturated rings. The SMILES string of the molecule is CCCCCCC(C)(C)c1cc(O)c2c(c1)OC(C)(C)[C@@H]1CC=C(C(=O)N[C@H](CO)C(C)(C)C)C[C@@H]21. The third-order valence-electron chi connectivity index (χ3n) is 8.56. The summed E-state index contributed by atoms with van der Waals surface area (Å²) in [6.45, 7) is 16.9. The maximum absolute atomic E-state index is 13.2. The van der Waals surface area contributed by atoms with Crippen molar-refractivity contribution in [2.75, 3.05) is 6.61 Å². The number of ether oxygens (including phenoxy) is 1. The van der Waals surface area contributed by atoms with Crippen LogP contribution in [0.3, 0.4) is 0 Å². The number of aromatic hydroxyl groups is 1. The van der Waals surface area contributed by atoms with Crippen LogP contribution in [0.15, 0.2) is 23.8 Å². The quantitative estimate of drug-likeness (QED) is 0.328. The molecule has 2 aliphatic rings. The highest BCUT2D eigenvalue weighted by atomic mass is 16.5. The Morgan fingerprint density at radius 1 is 1.17 bits per heavy atom. The predicted molar refractivity (Wildman–Crippen MR) is 147 cm³/mol. The number of carbonyl (C=O) groups excluding carboxylic acids is 1. The highest BCUT2D eigenvalue weighted by Crippen LogP contribution is 2.55. The molecule has 0 aromatic heterocycles. The lowest BCUT2D eigenvalue weighted by Gasteiger charge is -2.47. The molecule has 1 heterocycles. The van der Waals surface area contributed by atoms with E-state index in [2.05, 4.69) is 46.0 Å². The Kier molecular flexibility index (Phi) is 8.54. The van der Waals surface area contributed by atoms with Gasteiger partial charge < -0.3 is 20.3 Å². The molecule has 202 valence electrons. The van der Waals surface area contributed by atoms with E-state index >= 15 is 0 Å². The number of unbranched alkanes of at least 4 members (excludes halogenated alkanes) is 3. The van der Waals surface area contributed by atoms with Gasteiger partial charge in [-0.25, -0.2) is 0 Å². The van der Waals surface area contributed by atoms with Crippen LogP contribution in [-0.2, 0) is 10.2 Å². The number of benzene rings is 1. The maximum atomic E-state index is 13.2. The first-order chi connectivity index (χ1) is 16.7. The van der Waals surface area contributed by atoms with E-state index in [4.69, 9.17) is 4.74 Å². The molecule has 0 saturated carbocycles. The van der Waals surface area contributed by atoms with Gasteiger partial charge in [0.1, 0.15) is 17.1 Å². The smallest absolute Gasteiger partial charge is 0.247 e. The van der Waals surface area contributed by atoms with Crippen molar-refractivity contribution in [1.29, 1.82) is 0 Å². The number of phenolic OH excluding ortho intramolecular Hbond substituents is 1. The summed E-state index contributed by atoms with van der Waals surface area (Å²) >= 11 is 0. The number of fused-ring (bicyclic) bond motifs is 3. The van der Waals surface area contributed by atoms with E-state index in [0.717, 1.165) is 28.9 Å². The second kappa shape index (κ2) is 10.8. The minimum Gasteiger partial charge on any atom is -0.508 e. The summed E-state index contributed by atoms with van der Waals surface area (Å²) in [6, 6.07) is 3.74. The average Bonchev–Trinajstić information content (AvgIpc) is 2.78. The predicted octanol–water partition coefficient (Wildman–Crippen LogP) is 6.75.